The van der Waals surface area contributed by atoms with Gasteiger partial charge in [-0.25, -0.2) is 14.2 Å². The van der Waals surface area contributed by atoms with Gasteiger partial charge in [0, 0.05) is 20.4 Å². The van der Waals surface area contributed by atoms with Gasteiger partial charge in [0.05, 0.1) is 25.9 Å². The van der Waals surface area contributed by atoms with Gasteiger partial charge in [0.15, 0.2) is 6.10 Å². The van der Waals surface area contributed by atoms with Crippen LogP contribution in [-0.2, 0) is 51.7 Å². The summed E-state index contributed by atoms with van der Waals surface area (Å²) in [5.41, 5.74) is 0. The summed E-state index contributed by atoms with van der Waals surface area (Å²) in [6.07, 6.45) is -2.21. The fourth-order valence-electron chi connectivity index (χ4n) is 1.79. The maximum atomic E-state index is 11.8. The minimum atomic E-state index is -4.53. The van der Waals surface area contributed by atoms with E-state index in [0.717, 1.165) is 13.8 Å². The Morgan fingerprint density at radius 3 is 2.19 bits per heavy atom. The lowest BCUT2D eigenvalue weighted by Gasteiger charge is -2.18. The van der Waals surface area contributed by atoms with Crippen molar-refractivity contribution < 1.29 is 61.4 Å². The molecule has 0 radical (unpaired) electrons. The molecule has 0 aliphatic rings. The fraction of sp³-hybridized carbons (Fsp3) is 0.765. The molecule has 0 spiro atoms. The Balaban J connectivity index is 4.00. The molecule has 14 nitrogen and oxygen atoms in total. The third-order valence-electron chi connectivity index (χ3n) is 2.90. The highest BCUT2D eigenvalue weighted by Gasteiger charge is 2.25. The number of alkyl carbamates (subject to hydrolysis) is 1. The van der Waals surface area contributed by atoms with E-state index in [9.17, 15) is 28.6 Å². The summed E-state index contributed by atoms with van der Waals surface area (Å²) in [5.74, 6) is -1.88. The molecule has 15 heteroatoms. The summed E-state index contributed by atoms with van der Waals surface area (Å²) in [7, 11) is -4.53. The molecule has 32 heavy (non-hydrogen) atoms. The molecule has 0 saturated carbocycles. The first-order chi connectivity index (χ1) is 14.9. The molecule has 1 unspecified atom stereocenters. The number of hydrogen-bond donors (Lipinski definition) is 2. The number of phosphoric ester groups is 1. The summed E-state index contributed by atoms with van der Waals surface area (Å²) >= 11 is 0. The zero-order valence-corrected chi connectivity index (χ0v) is 19.3. The highest BCUT2D eigenvalue weighted by atomic mass is 31.2. The van der Waals surface area contributed by atoms with Gasteiger partial charge in [0.2, 0.25) is 0 Å². The van der Waals surface area contributed by atoms with E-state index in [1.165, 1.54) is 0 Å². The number of hydrogen-bond acceptors (Lipinski definition) is 12. The number of phosphoric acid groups is 1. The Morgan fingerprint density at radius 1 is 0.906 bits per heavy atom. The van der Waals surface area contributed by atoms with Crippen LogP contribution in [0.4, 0.5) is 4.79 Å². The van der Waals surface area contributed by atoms with Gasteiger partial charge in [0.1, 0.15) is 19.8 Å². The zero-order chi connectivity index (χ0) is 24.6. The first kappa shape index (κ1) is 29.8. The van der Waals surface area contributed by atoms with Crippen molar-refractivity contribution in [2.75, 3.05) is 46.2 Å². The molecule has 0 aromatic carbocycles. The number of nitrogens with one attached hydrogen (secondary N) is 1. The average molecular weight is 487 g/mol. The van der Waals surface area contributed by atoms with Crippen LogP contribution in [0, 0.1) is 0 Å². The van der Waals surface area contributed by atoms with Crippen molar-refractivity contribution in [1.29, 1.82) is 0 Å². The van der Waals surface area contributed by atoms with Gasteiger partial charge in [-0.05, 0) is 13.8 Å². The van der Waals surface area contributed by atoms with Gasteiger partial charge in [-0.1, -0.05) is 0 Å². The van der Waals surface area contributed by atoms with Crippen LogP contribution in [0.15, 0.2) is 0 Å². The third-order valence-corrected chi connectivity index (χ3v) is 3.89. The van der Waals surface area contributed by atoms with E-state index in [2.05, 4.69) is 19.1 Å². The van der Waals surface area contributed by atoms with Gasteiger partial charge in [-0.3, -0.25) is 18.6 Å². The highest BCUT2D eigenvalue weighted by Crippen LogP contribution is 2.43. The molecule has 0 fully saturated rings. The number of amides is 1. The number of ether oxygens (including phenoxy) is 5. The first-order valence-electron chi connectivity index (χ1n) is 9.51. The van der Waals surface area contributed by atoms with Gasteiger partial charge in [0.25, 0.3) is 0 Å². The summed E-state index contributed by atoms with van der Waals surface area (Å²) in [6, 6.07) is 0. The molecule has 0 bridgehead atoms. The predicted octanol–water partition coefficient (Wildman–Crippen LogP) is 0.309. The lowest BCUT2D eigenvalue weighted by Crippen LogP contribution is -2.30. The molecule has 0 aromatic heterocycles. The first-order valence-corrected chi connectivity index (χ1v) is 11.0. The monoisotopic (exact) mass is 487 g/mol. The van der Waals surface area contributed by atoms with Crippen LogP contribution in [-0.4, -0.2) is 87.3 Å². The average Bonchev–Trinajstić information content (AvgIpc) is 2.66. The molecule has 186 valence electrons. The largest absolute Gasteiger partial charge is 0.472 e. The van der Waals surface area contributed by atoms with Gasteiger partial charge in [-0.15, -0.1) is 0 Å². The summed E-state index contributed by atoms with van der Waals surface area (Å²) in [5, 5.41) is 2.26. The Labute approximate surface area is 185 Å². The van der Waals surface area contributed by atoms with E-state index < -0.39 is 51.1 Å². The van der Waals surface area contributed by atoms with Crippen LogP contribution in [0.2, 0.25) is 0 Å². The van der Waals surface area contributed by atoms with Crippen LogP contribution in [0.3, 0.4) is 0 Å². The van der Waals surface area contributed by atoms with E-state index in [1.54, 1.807) is 13.8 Å². The molecule has 0 aliphatic carbocycles. The van der Waals surface area contributed by atoms with E-state index in [1.807, 2.05) is 0 Å². The standard InChI is InChI=1S/C17H30NO13P/c1-12(2)30-16(21)11-25-7-8-26-17(22)18-5-6-28-32(23,24)29-10-15(31-14(4)20)9-27-13(3)19/h12,15H,5-11H2,1-4H3,(H,18,22)(H,23,24)/t15-/m1/s1. The van der Waals surface area contributed by atoms with Crippen LogP contribution in [0.1, 0.15) is 27.7 Å². The SMILES string of the molecule is CC(=O)OC[C@H](COP(=O)(O)OCCNC(=O)OCCOCC(=O)OC(C)C)OC(C)=O. The molecule has 0 aliphatic heterocycles. The van der Waals surface area contributed by atoms with Crippen LogP contribution in [0.5, 0.6) is 0 Å². The second kappa shape index (κ2) is 16.4. The zero-order valence-electron chi connectivity index (χ0n) is 18.4. The molecule has 0 aromatic rings. The van der Waals surface area contributed by atoms with E-state index in [4.69, 9.17) is 18.9 Å². The number of rotatable bonds is 16. The van der Waals surface area contributed by atoms with E-state index in [0.29, 0.717) is 0 Å². The highest BCUT2D eigenvalue weighted by molar-refractivity contribution is 7.47. The van der Waals surface area contributed by atoms with Crippen molar-refractivity contribution in [1.82, 2.24) is 5.32 Å². The molecular weight excluding hydrogens is 457 g/mol. The lowest BCUT2D eigenvalue weighted by atomic mass is 10.4. The van der Waals surface area contributed by atoms with E-state index >= 15 is 0 Å². The molecule has 2 N–H and O–H groups in total. The minimum Gasteiger partial charge on any atom is -0.462 e. The normalized spacial score (nSPS) is 13.6. The van der Waals surface area contributed by atoms with Crippen molar-refractivity contribution in [2.45, 2.75) is 39.9 Å². The quantitative estimate of drug-likeness (QED) is 0.131. The van der Waals surface area contributed by atoms with Crippen molar-refractivity contribution in [2.24, 2.45) is 0 Å². The smallest absolute Gasteiger partial charge is 0.462 e. The third kappa shape index (κ3) is 18.5. The summed E-state index contributed by atoms with van der Waals surface area (Å²) in [4.78, 5) is 54.1. The van der Waals surface area contributed by atoms with E-state index in [-0.39, 0.29) is 39.1 Å². The maximum absolute atomic E-state index is 11.8. The second-order valence-corrected chi connectivity index (χ2v) is 7.74. The Hall–Kier alpha value is -2.25. The number of carbonyl (C=O) groups excluding carboxylic acids is 4. The minimum absolute atomic E-state index is 0.0341. The van der Waals surface area contributed by atoms with Gasteiger partial charge < -0.3 is 33.9 Å². The van der Waals surface area contributed by atoms with Crippen molar-refractivity contribution in [3.8, 4) is 0 Å². The molecule has 0 rings (SSSR count). The van der Waals surface area contributed by atoms with Crippen molar-refractivity contribution in [3.63, 3.8) is 0 Å². The maximum Gasteiger partial charge on any atom is 0.472 e. The topological polar surface area (TPSA) is 182 Å². The summed E-state index contributed by atoms with van der Waals surface area (Å²) in [6.45, 7) is 3.67. The summed E-state index contributed by atoms with van der Waals surface area (Å²) < 4.78 is 45.2. The fourth-order valence-corrected chi connectivity index (χ4v) is 2.54. The molecule has 0 saturated heterocycles. The van der Waals surface area contributed by atoms with Gasteiger partial charge >= 0.3 is 31.8 Å². The molecular formula is C17H30NO13P. The predicted molar refractivity (Wildman–Crippen MR) is 105 cm³/mol. The number of esters is 3. The second-order valence-electron chi connectivity index (χ2n) is 6.29. The molecule has 1 amide bonds. The van der Waals surface area contributed by atoms with Crippen LogP contribution in [0.25, 0.3) is 0 Å². The Bertz CT molecular complexity index is 654. The molecule has 0 heterocycles. The van der Waals surface area contributed by atoms with Gasteiger partial charge in [-0.2, -0.15) is 0 Å². The van der Waals surface area contributed by atoms with Crippen LogP contribution < -0.4 is 5.32 Å². The Morgan fingerprint density at radius 2 is 1.59 bits per heavy atom. The van der Waals surface area contributed by atoms with Crippen LogP contribution >= 0.6 is 7.82 Å². The van der Waals surface area contributed by atoms with Crippen molar-refractivity contribution in [3.05, 3.63) is 0 Å². The Kier molecular flexibility index (Phi) is 15.2. The number of carbonyl (C=O) groups is 4. The lowest BCUT2D eigenvalue weighted by molar-refractivity contribution is -0.158. The molecule has 2 atom stereocenters. The van der Waals surface area contributed by atoms with Crippen molar-refractivity contribution >= 4 is 31.8 Å².